The van der Waals surface area contributed by atoms with Crippen molar-refractivity contribution in [2.75, 3.05) is 0 Å². The van der Waals surface area contributed by atoms with E-state index < -0.39 is 0 Å². The first kappa shape index (κ1) is 7.34. The molecule has 4 nitrogen and oxygen atoms in total. The molecule has 1 amide bonds. The predicted octanol–water partition coefficient (Wildman–Crippen LogP) is 0.396. The summed E-state index contributed by atoms with van der Waals surface area (Å²) >= 11 is 0. The van der Waals surface area contributed by atoms with E-state index >= 15 is 0 Å². The molecule has 2 heterocycles. The second kappa shape index (κ2) is 2.33. The van der Waals surface area contributed by atoms with Gasteiger partial charge in [0.25, 0.3) is 0 Å². The Morgan fingerprint density at radius 2 is 2.42 bits per heavy atom. The van der Waals surface area contributed by atoms with Gasteiger partial charge in [-0.15, -0.1) is 0 Å². The Bertz CT molecular complexity index is 282. The van der Waals surface area contributed by atoms with Crippen molar-refractivity contribution in [3.05, 3.63) is 12.0 Å². The molecule has 0 aromatic rings. The molecule has 0 aliphatic carbocycles. The molecule has 0 aromatic carbocycles. The Hall–Kier alpha value is -1.32. The molecule has 1 saturated heterocycles. The molecular weight excluding hydrogens is 158 g/mol. The fourth-order valence-corrected chi connectivity index (χ4v) is 1.54. The summed E-state index contributed by atoms with van der Waals surface area (Å²) in [4.78, 5) is 23.1. The minimum atomic E-state index is -0.323. The first-order chi connectivity index (χ1) is 5.66. The van der Waals surface area contributed by atoms with Gasteiger partial charge in [0.05, 0.1) is 6.04 Å². The zero-order valence-electron chi connectivity index (χ0n) is 6.74. The third kappa shape index (κ3) is 0.995. The van der Waals surface area contributed by atoms with Crippen LogP contribution < -0.4 is 0 Å². The van der Waals surface area contributed by atoms with E-state index in [-0.39, 0.29) is 17.9 Å². The number of hydrogen-bond donors (Lipinski definition) is 0. The van der Waals surface area contributed by atoms with E-state index in [0.717, 1.165) is 0 Å². The topological polar surface area (TPSA) is 46.6 Å². The minimum absolute atomic E-state index is 0.113. The molecule has 1 fully saturated rings. The number of β-lactam (4-membered cyclic amide) rings is 1. The van der Waals surface area contributed by atoms with Gasteiger partial charge in [0.2, 0.25) is 5.91 Å². The van der Waals surface area contributed by atoms with Gasteiger partial charge in [-0.2, -0.15) is 0 Å². The number of ether oxygens (including phenoxy) is 1. The van der Waals surface area contributed by atoms with Crippen LogP contribution in [0, 0.1) is 0 Å². The largest absolute Gasteiger partial charge is 0.430 e. The van der Waals surface area contributed by atoms with E-state index in [1.165, 1.54) is 6.92 Å². The van der Waals surface area contributed by atoms with Crippen LogP contribution >= 0.6 is 0 Å². The van der Waals surface area contributed by atoms with Gasteiger partial charge in [0, 0.05) is 26.0 Å². The Morgan fingerprint density at radius 1 is 1.67 bits per heavy atom. The molecule has 0 saturated carbocycles. The van der Waals surface area contributed by atoms with E-state index in [2.05, 4.69) is 0 Å². The maximum atomic E-state index is 10.9. The van der Waals surface area contributed by atoms with Crippen molar-refractivity contribution in [2.24, 2.45) is 0 Å². The van der Waals surface area contributed by atoms with Crippen LogP contribution in [0.25, 0.3) is 0 Å². The van der Waals surface area contributed by atoms with Crippen molar-refractivity contribution in [1.82, 2.24) is 4.90 Å². The second-order valence-corrected chi connectivity index (χ2v) is 3.05. The highest BCUT2D eigenvalue weighted by atomic mass is 16.5. The molecule has 2 aliphatic rings. The lowest BCUT2D eigenvalue weighted by Gasteiger charge is -2.32. The molecule has 4 heteroatoms. The number of esters is 1. The monoisotopic (exact) mass is 167 g/mol. The summed E-state index contributed by atoms with van der Waals surface area (Å²) in [5, 5.41) is 0. The number of hydrogen-bond acceptors (Lipinski definition) is 3. The molecule has 0 bridgehead atoms. The summed E-state index contributed by atoms with van der Waals surface area (Å²) in [7, 11) is 0. The summed E-state index contributed by atoms with van der Waals surface area (Å²) < 4.78 is 4.87. The van der Waals surface area contributed by atoms with Crippen LogP contribution in [-0.4, -0.2) is 22.8 Å². The first-order valence-corrected chi connectivity index (χ1v) is 3.87. The SMILES string of the molecule is CC(=O)OC1=CN2C(=O)C[C@H]2C1. The van der Waals surface area contributed by atoms with Gasteiger partial charge in [-0.05, 0) is 0 Å². The van der Waals surface area contributed by atoms with E-state index in [4.69, 9.17) is 4.74 Å². The van der Waals surface area contributed by atoms with Crippen LogP contribution in [0.5, 0.6) is 0 Å². The van der Waals surface area contributed by atoms with E-state index in [9.17, 15) is 9.59 Å². The molecular formula is C8H9NO3. The summed E-state index contributed by atoms with van der Waals surface area (Å²) in [6.45, 7) is 1.36. The van der Waals surface area contributed by atoms with E-state index in [1.54, 1.807) is 11.1 Å². The van der Waals surface area contributed by atoms with Crippen molar-refractivity contribution in [1.29, 1.82) is 0 Å². The molecule has 0 radical (unpaired) electrons. The molecule has 0 spiro atoms. The fourth-order valence-electron chi connectivity index (χ4n) is 1.54. The maximum absolute atomic E-state index is 10.9. The molecule has 1 atom stereocenters. The zero-order chi connectivity index (χ0) is 8.72. The molecule has 2 rings (SSSR count). The third-order valence-corrected chi connectivity index (χ3v) is 2.09. The fraction of sp³-hybridized carbons (Fsp3) is 0.500. The van der Waals surface area contributed by atoms with Crippen molar-refractivity contribution >= 4 is 11.9 Å². The highest BCUT2D eigenvalue weighted by Crippen LogP contribution is 2.32. The number of rotatable bonds is 1. The lowest BCUT2D eigenvalue weighted by atomic mass is 10.0. The molecule has 12 heavy (non-hydrogen) atoms. The van der Waals surface area contributed by atoms with Crippen LogP contribution in [0.2, 0.25) is 0 Å². The number of fused-ring (bicyclic) bond motifs is 1. The van der Waals surface area contributed by atoms with Gasteiger partial charge in [0.1, 0.15) is 5.76 Å². The van der Waals surface area contributed by atoms with Crippen LogP contribution in [0.1, 0.15) is 19.8 Å². The average Bonchev–Trinajstić information content (AvgIpc) is 2.26. The number of nitrogens with zero attached hydrogens (tertiary/aromatic N) is 1. The number of carbonyl (C=O) groups excluding carboxylic acids is 2. The second-order valence-electron chi connectivity index (χ2n) is 3.05. The zero-order valence-corrected chi connectivity index (χ0v) is 6.74. The molecule has 64 valence electrons. The van der Waals surface area contributed by atoms with Crippen LogP contribution in [0.3, 0.4) is 0 Å². The Morgan fingerprint density at radius 3 is 2.92 bits per heavy atom. The molecule has 0 N–H and O–H groups in total. The number of carbonyl (C=O) groups is 2. The van der Waals surface area contributed by atoms with Crippen molar-refractivity contribution < 1.29 is 14.3 Å². The van der Waals surface area contributed by atoms with Gasteiger partial charge in [-0.3, -0.25) is 9.59 Å². The van der Waals surface area contributed by atoms with Crippen LogP contribution in [-0.2, 0) is 14.3 Å². The standard InChI is InChI=1S/C8H9NO3/c1-5(10)12-7-2-6-3-8(11)9(6)4-7/h4,6H,2-3H2,1H3/t6-/m1/s1. The Kier molecular flexibility index (Phi) is 1.43. The summed E-state index contributed by atoms with van der Waals surface area (Å²) in [5.74, 6) is 0.400. The lowest BCUT2D eigenvalue weighted by molar-refractivity contribution is -0.140. The van der Waals surface area contributed by atoms with Gasteiger partial charge in [0.15, 0.2) is 0 Å². The highest BCUT2D eigenvalue weighted by molar-refractivity contribution is 5.85. The Balaban J connectivity index is 2.02. The molecule has 0 aromatic heterocycles. The summed E-state index contributed by atoms with van der Waals surface area (Å²) in [5.41, 5.74) is 0. The molecule has 0 unspecified atom stereocenters. The van der Waals surface area contributed by atoms with Crippen molar-refractivity contribution in [3.63, 3.8) is 0 Å². The Labute approximate surface area is 69.8 Å². The van der Waals surface area contributed by atoms with Gasteiger partial charge < -0.3 is 9.64 Å². The summed E-state index contributed by atoms with van der Waals surface area (Å²) in [6, 6.07) is 0.256. The van der Waals surface area contributed by atoms with Crippen LogP contribution in [0.4, 0.5) is 0 Å². The normalized spacial score (nSPS) is 26.1. The van der Waals surface area contributed by atoms with Gasteiger partial charge in [-0.25, -0.2) is 0 Å². The smallest absolute Gasteiger partial charge is 0.307 e. The van der Waals surface area contributed by atoms with Crippen molar-refractivity contribution in [3.8, 4) is 0 Å². The van der Waals surface area contributed by atoms with Crippen LogP contribution in [0.15, 0.2) is 12.0 Å². The van der Waals surface area contributed by atoms with E-state index in [1.807, 2.05) is 0 Å². The average molecular weight is 167 g/mol. The highest BCUT2D eigenvalue weighted by Gasteiger charge is 2.40. The number of amides is 1. The predicted molar refractivity (Wildman–Crippen MR) is 39.7 cm³/mol. The van der Waals surface area contributed by atoms with E-state index in [0.29, 0.717) is 18.6 Å². The first-order valence-electron chi connectivity index (χ1n) is 3.87. The third-order valence-electron chi connectivity index (χ3n) is 2.09. The molecule has 2 aliphatic heterocycles. The quantitative estimate of drug-likeness (QED) is 0.419. The van der Waals surface area contributed by atoms with Crippen molar-refractivity contribution in [2.45, 2.75) is 25.8 Å². The van der Waals surface area contributed by atoms with Gasteiger partial charge >= 0.3 is 5.97 Å². The summed E-state index contributed by atoms with van der Waals surface area (Å²) in [6.07, 6.45) is 2.89. The lowest BCUT2D eigenvalue weighted by Crippen LogP contribution is -2.45. The van der Waals surface area contributed by atoms with Gasteiger partial charge in [-0.1, -0.05) is 0 Å². The maximum Gasteiger partial charge on any atom is 0.307 e. The minimum Gasteiger partial charge on any atom is -0.430 e.